The Balaban J connectivity index is 2.14. The van der Waals surface area contributed by atoms with Gasteiger partial charge in [-0.05, 0) is 29.6 Å². The molecule has 3 nitrogen and oxygen atoms in total. The summed E-state index contributed by atoms with van der Waals surface area (Å²) in [5.41, 5.74) is 3.82. The molecule has 2 aromatic rings. The molecule has 1 heterocycles. The Kier molecular flexibility index (Phi) is 3.99. The predicted molar refractivity (Wildman–Crippen MR) is 71.3 cm³/mol. The van der Waals surface area contributed by atoms with Crippen LogP contribution in [-0.2, 0) is 12.7 Å². The molecule has 0 saturated heterocycles. The van der Waals surface area contributed by atoms with E-state index in [4.69, 9.17) is 5.73 Å². The molecule has 7 heteroatoms. The monoisotopic (exact) mass is 300 g/mol. The minimum atomic E-state index is -4.58. The summed E-state index contributed by atoms with van der Waals surface area (Å²) in [4.78, 5) is 12.7. The van der Waals surface area contributed by atoms with E-state index < -0.39 is 23.3 Å². The van der Waals surface area contributed by atoms with Crippen LogP contribution in [0.25, 0.3) is 0 Å². The fourth-order valence-corrected chi connectivity index (χ4v) is 2.27. The van der Waals surface area contributed by atoms with Crippen molar-refractivity contribution in [1.29, 1.82) is 0 Å². The molecule has 1 aromatic carbocycles. The van der Waals surface area contributed by atoms with Crippen molar-refractivity contribution in [3.63, 3.8) is 0 Å². The van der Waals surface area contributed by atoms with Crippen molar-refractivity contribution in [3.8, 4) is 0 Å². The Labute approximate surface area is 117 Å². The fraction of sp³-hybridized carbons (Fsp3) is 0.154. The van der Waals surface area contributed by atoms with Gasteiger partial charge in [-0.2, -0.15) is 13.2 Å². The average molecular weight is 300 g/mol. The highest BCUT2D eigenvalue weighted by Gasteiger charge is 2.33. The first-order chi connectivity index (χ1) is 9.38. The van der Waals surface area contributed by atoms with Crippen LogP contribution in [0.15, 0.2) is 35.7 Å². The van der Waals surface area contributed by atoms with Gasteiger partial charge in [-0.15, -0.1) is 11.3 Å². The van der Waals surface area contributed by atoms with Gasteiger partial charge in [-0.25, -0.2) is 0 Å². The van der Waals surface area contributed by atoms with Crippen molar-refractivity contribution in [2.75, 3.05) is 5.73 Å². The van der Waals surface area contributed by atoms with Crippen LogP contribution < -0.4 is 11.1 Å². The number of carbonyl (C=O) groups excluding carboxylic acids is 1. The molecular weight excluding hydrogens is 289 g/mol. The molecule has 1 amide bonds. The van der Waals surface area contributed by atoms with Crippen molar-refractivity contribution in [2.24, 2.45) is 0 Å². The molecule has 0 saturated carbocycles. The van der Waals surface area contributed by atoms with E-state index in [1.165, 1.54) is 17.4 Å². The average Bonchev–Trinajstić information content (AvgIpc) is 2.88. The number of benzene rings is 1. The van der Waals surface area contributed by atoms with Crippen LogP contribution in [0.1, 0.15) is 20.8 Å². The Morgan fingerprint density at radius 3 is 2.65 bits per heavy atom. The second kappa shape index (κ2) is 5.54. The summed E-state index contributed by atoms with van der Waals surface area (Å²) in [5.74, 6) is -0.566. The summed E-state index contributed by atoms with van der Waals surface area (Å²) < 4.78 is 38.1. The van der Waals surface area contributed by atoms with Gasteiger partial charge >= 0.3 is 6.18 Å². The quantitative estimate of drug-likeness (QED) is 0.855. The Hall–Kier alpha value is -2.02. The lowest BCUT2D eigenvalue weighted by atomic mass is 10.1. The molecule has 2 rings (SSSR count). The minimum Gasteiger partial charge on any atom is -0.398 e. The third-order valence-electron chi connectivity index (χ3n) is 2.62. The zero-order chi connectivity index (χ0) is 14.8. The number of carbonyl (C=O) groups is 1. The van der Waals surface area contributed by atoms with Crippen LogP contribution in [-0.4, -0.2) is 5.91 Å². The number of hydrogen-bond acceptors (Lipinski definition) is 3. The third kappa shape index (κ3) is 3.30. The van der Waals surface area contributed by atoms with Crippen molar-refractivity contribution < 1.29 is 18.0 Å². The molecule has 0 aliphatic rings. The molecule has 0 bridgehead atoms. The number of rotatable bonds is 3. The van der Waals surface area contributed by atoms with Gasteiger partial charge in [0.1, 0.15) is 0 Å². The SMILES string of the molecule is Nc1ccc(C(=O)NCc2cccs2)cc1C(F)(F)F. The molecule has 106 valence electrons. The van der Waals surface area contributed by atoms with Gasteiger partial charge in [-0.3, -0.25) is 4.79 Å². The van der Waals surface area contributed by atoms with Crippen molar-refractivity contribution in [1.82, 2.24) is 5.32 Å². The van der Waals surface area contributed by atoms with Crippen LogP contribution in [0.5, 0.6) is 0 Å². The smallest absolute Gasteiger partial charge is 0.398 e. The van der Waals surface area contributed by atoms with Crippen LogP contribution in [0.2, 0.25) is 0 Å². The maximum atomic E-state index is 12.7. The molecule has 0 atom stereocenters. The number of nitrogens with one attached hydrogen (secondary N) is 1. The van der Waals surface area contributed by atoms with Crippen LogP contribution >= 0.6 is 11.3 Å². The van der Waals surface area contributed by atoms with Crippen molar-refractivity contribution >= 4 is 22.9 Å². The van der Waals surface area contributed by atoms with E-state index in [0.29, 0.717) is 0 Å². The standard InChI is InChI=1S/C13H11F3N2OS/c14-13(15,16)10-6-8(3-4-11(10)17)12(19)18-7-9-2-1-5-20-9/h1-6H,7,17H2,(H,18,19). The first-order valence-electron chi connectivity index (χ1n) is 5.65. The summed E-state index contributed by atoms with van der Waals surface area (Å²) in [6, 6.07) is 6.78. The number of halogens is 3. The van der Waals surface area contributed by atoms with Gasteiger partial charge < -0.3 is 11.1 Å². The van der Waals surface area contributed by atoms with E-state index in [2.05, 4.69) is 5.32 Å². The van der Waals surface area contributed by atoms with Gasteiger partial charge in [0.25, 0.3) is 5.91 Å². The lowest BCUT2D eigenvalue weighted by molar-refractivity contribution is -0.136. The molecule has 20 heavy (non-hydrogen) atoms. The largest absolute Gasteiger partial charge is 0.418 e. The number of alkyl halides is 3. The van der Waals surface area contributed by atoms with Gasteiger partial charge in [0.15, 0.2) is 0 Å². The van der Waals surface area contributed by atoms with Crippen LogP contribution in [0, 0.1) is 0 Å². The Morgan fingerprint density at radius 1 is 1.30 bits per heavy atom. The Bertz CT molecular complexity index is 609. The zero-order valence-corrected chi connectivity index (χ0v) is 11.0. The number of anilines is 1. The third-order valence-corrected chi connectivity index (χ3v) is 3.50. The molecule has 0 aliphatic carbocycles. The summed E-state index contributed by atoms with van der Waals surface area (Å²) in [6.45, 7) is 0.280. The molecule has 1 aromatic heterocycles. The maximum Gasteiger partial charge on any atom is 0.418 e. The van der Waals surface area contributed by atoms with Crippen LogP contribution in [0.3, 0.4) is 0 Å². The van der Waals surface area contributed by atoms with Gasteiger partial charge in [0.05, 0.1) is 12.1 Å². The molecule has 3 N–H and O–H groups in total. The van der Waals surface area contributed by atoms with E-state index in [1.807, 2.05) is 17.5 Å². The molecule has 0 spiro atoms. The number of thiophene rings is 1. The highest BCUT2D eigenvalue weighted by molar-refractivity contribution is 7.09. The molecular formula is C13H11F3N2OS. The summed E-state index contributed by atoms with van der Waals surface area (Å²) >= 11 is 1.46. The second-order valence-corrected chi connectivity index (χ2v) is 5.09. The molecule has 0 fully saturated rings. The number of nitrogen functional groups attached to an aromatic ring is 1. The minimum absolute atomic E-state index is 0.0666. The highest BCUT2D eigenvalue weighted by Crippen LogP contribution is 2.33. The number of nitrogens with two attached hydrogens (primary N) is 1. The van der Waals surface area contributed by atoms with Gasteiger partial charge in [-0.1, -0.05) is 6.07 Å². The first kappa shape index (κ1) is 14.4. The lowest BCUT2D eigenvalue weighted by Gasteiger charge is -2.11. The van der Waals surface area contributed by atoms with E-state index in [-0.39, 0.29) is 12.1 Å². The van der Waals surface area contributed by atoms with Crippen molar-refractivity contribution in [3.05, 3.63) is 51.7 Å². The van der Waals surface area contributed by atoms with E-state index in [0.717, 1.165) is 17.0 Å². The zero-order valence-electron chi connectivity index (χ0n) is 10.2. The number of amides is 1. The van der Waals surface area contributed by atoms with Gasteiger partial charge in [0.2, 0.25) is 0 Å². The predicted octanol–water partition coefficient (Wildman–Crippen LogP) is 3.28. The number of hydrogen-bond donors (Lipinski definition) is 2. The van der Waals surface area contributed by atoms with Gasteiger partial charge in [0, 0.05) is 16.1 Å². The van der Waals surface area contributed by atoms with Crippen LogP contribution in [0.4, 0.5) is 18.9 Å². The van der Waals surface area contributed by atoms with E-state index in [1.54, 1.807) is 0 Å². The Morgan fingerprint density at radius 2 is 2.05 bits per heavy atom. The van der Waals surface area contributed by atoms with Crippen molar-refractivity contribution in [2.45, 2.75) is 12.7 Å². The topological polar surface area (TPSA) is 55.1 Å². The summed E-state index contributed by atoms with van der Waals surface area (Å²) in [6.07, 6.45) is -4.58. The normalized spacial score (nSPS) is 11.3. The fourth-order valence-electron chi connectivity index (χ4n) is 1.63. The second-order valence-electron chi connectivity index (χ2n) is 4.06. The molecule has 0 radical (unpaired) electrons. The molecule has 0 unspecified atom stereocenters. The van der Waals surface area contributed by atoms with E-state index >= 15 is 0 Å². The summed E-state index contributed by atoms with van der Waals surface area (Å²) in [7, 11) is 0. The maximum absolute atomic E-state index is 12.7. The molecule has 0 aliphatic heterocycles. The first-order valence-corrected chi connectivity index (χ1v) is 6.53. The summed E-state index contributed by atoms with van der Waals surface area (Å²) in [5, 5.41) is 4.42. The lowest BCUT2D eigenvalue weighted by Crippen LogP contribution is -2.23. The van der Waals surface area contributed by atoms with E-state index in [9.17, 15) is 18.0 Å². The highest BCUT2D eigenvalue weighted by atomic mass is 32.1.